The van der Waals surface area contributed by atoms with Crippen LogP contribution in [0.4, 0.5) is 0 Å². The second kappa shape index (κ2) is 6.37. The van der Waals surface area contributed by atoms with E-state index in [1.54, 1.807) is 0 Å². The molecule has 0 saturated heterocycles. The van der Waals surface area contributed by atoms with Crippen molar-refractivity contribution >= 4 is 0 Å². The molecule has 0 aromatic heterocycles. The van der Waals surface area contributed by atoms with Crippen molar-refractivity contribution in [2.45, 2.75) is 64.5 Å². The number of likely N-dealkylation sites (N-methyl/N-ethyl adjacent to an activating group) is 1. The molecule has 1 N–H and O–H groups in total. The van der Waals surface area contributed by atoms with Crippen LogP contribution in [-0.4, -0.2) is 34.7 Å². The van der Waals surface area contributed by atoms with Crippen LogP contribution in [0.15, 0.2) is 0 Å². The van der Waals surface area contributed by atoms with E-state index in [2.05, 4.69) is 17.9 Å². The average Bonchev–Trinajstić information content (AvgIpc) is 2.49. The first kappa shape index (κ1) is 14.5. The Labute approximate surface area is 105 Å². The van der Waals surface area contributed by atoms with Crippen molar-refractivity contribution in [1.29, 1.82) is 5.26 Å². The zero-order chi connectivity index (χ0) is 12.9. The van der Waals surface area contributed by atoms with Gasteiger partial charge in [-0.1, -0.05) is 26.2 Å². The normalized spacial score (nSPS) is 26.6. The second-order valence-electron chi connectivity index (χ2n) is 5.82. The van der Waals surface area contributed by atoms with Gasteiger partial charge in [0.05, 0.1) is 17.6 Å². The molecule has 1 saturated carbocycles. The van der Waals surface area contributed by atoms with Gasteiger partial charge in [0.2, 0.25) is 0 Å². The van der Waals surface area contributed by atoms with Gasteiger partial charge in [-0.3, -0.25) is 4.90 Å². The largest absolute Gasteiger partial charge is 0.389 e. The molecule has 2 unspecified atom stereocenters. The lowest BCUT2D eigenvalue weighted by Gasteiger charge is -2.36. The molecule has 1 aliphatic carbocycles. The van der Waals surface area contributed by atoms with E-state index in [4.69, 9.17) is 0 Å². The summed E-state index contributed by atoms with van der Waals surface area (Å²) < 4.78 is 0. The van der Waals surface area contributed by atoms with Crippen molar-refractivity contribution in [1.82, 2.24) is 4.90 Å². The van der Waals surface area contributed by atoms with Crippen molar-refractivity contribution in [2.75, 3.05) is 13.1 Å². The van der Waals surface area contributed by atoms with Crippen LogP contribution < -0.4 is 0 Å². The molecule has 0 spiro atoms. The van der Waals surface area contributed by atoms with Crippen LogP contribution in [0, 0.1) is 17.2 Å². The number of rotatable bonds is 4. The average molecular weight is 238 g/mol. The summed E-state index contributed by atoms with van der Waals surface area (Å²) in [5, 5.41) is 19.2. The molecule has 1 aliphatic rings. The van der Waals surface area contributed by atoms with E-state index in [1.807, 2.05) is 13.8 Å². The highest BCUT2D eigenvalue weighted by atomic mass is 16.3. The fourth-order valence-corrected chi connectivity index (χ4v) is 2.84. The number of aliphatic hydroxyl groups is 1. The van der Waals surface area contributed by atoms with Crippen molar-refractivity contribution < 1.29 is 5.11 Å². The summed E-state index contributed by atoms with van der Waals surface area (Å²) in [6.45, 7) is 7.37. The number of nitriles is 1. The summed E-state index contributed by atoms with van der Waals surface area (Å²) in [5.41, 5.74) is -0.678. The van der Waals surface area contributed by atoms with E-state index in [0.29, 0.717) is 12.6 Å². The third-order valence-electron chi connectivity index (χ3n) is 3.61. The number of hydrogen-bond donors (Lipinski definition) is 1. The molecule has 3 nitrogen and oxygen atoms in total. The van der Waals surface area contributed by atoms with Gasteiger partial charge in [0.25, 0.3) is 0 Å². The van der Waals surface area contributed by atoms with Crippen molar-refractivity contribution in [2.24, 2.45) is 5.92 Å². The highest BCUT2D eigenvalue weighted by Crippen LogP contribution is 2.27. The lowest BCUT2D eigenvalue weighted by Crippen LogP contribution is -2.47. The maximum absolute atomic E-state index is 9.95. The highest BCUT2D eigenvalue weighted by Gasteiger charge is 2.30. The van der Waals surface area contributed by atoms with Crippen molar-refractivity contribution in [3.05, 3.63) is 0 Å². The van der Waals surface area contributed by atoms with Gasteiger partial charge in [0.15, 0.2) is 0 Å². The number of hydrogen-bond acceptors (Lipinski definition) is 3. The zero-order valence-corrected chi connectivity index (χ0v) is 11.4. The first-order chi connectivity index (χ1) is 7.98. The maximum atomic E-state index is 9.95. The Kier molecular flexibility index (Phi) is 5.42. The number of nitrogens with zero attached hydrogens (tertiary/aromatic N) is 2. The molecule has 0 heterocycles. The Hall–Kier alpha value is -0.590. The fraction of sp³-hybridized carbons (Fsp3) is 0.929. The van der Waals surface area contributed by atoms with Crippen LogP contribution in [0.3, 0.4) is 0 Å². The zero-order valence-electron chi connectivity index (χ0n) is 11.4. The molecular weight excluding hydrogens is 212 g/mol. The van der Waals surface area contributed by atoms with Crippen LogP contribution in [-0.2, 0) is 0 Å². The van der Waals surface area contributed by atoms with Crippen LogP contribution in [0.5, 0.6) is 0 Å². The molecule has 98 valence electrons. The summed E-state index contributed by atoms with van der Waals surface area (Å²) in [7, 11) is 0. The summed E-state index contributed by atoms with van der Waals surface area (Å²) in [6.07, 6.45) is 5.75. The van der Waals surface area contributed by atoms with Crippen LogP contribution in [0.1, 0.15) is 52.9 Å². The van der Waals surface area contributed by atoms with Crippen LogP contribution in [0.25, 0.3) is 0 Å². The van der Waals surface area contributed by atoms with Crippen molar-refractivity contribution in [3.63, 3.8) is 0 Å². The molecule has 2 atom stereocenters. The molecule has 0 radical (unpaired) electrons. The Bertz CT molecular complexity index is 264. The predicted molar refractivity (Wildman–Crippen MR) is 69.5 cm³/mol. The smallest absolute Gasteiger partial charge is 0.0718 e. The predicted octanol–water partition coefficient (Wildman–Crippen LogP) is 2.55. The monoisotopic (exact) mass is 238 g/mol. The molecule has 0 aliphatic heterocycles. The Morgan fingerprint density at radius 2 is 1.94 bits per heavy atom. The van der Waals surface area contributed by atoms with Gasteiger partial charge in [-0.2, -0.15) is 5.26 Å². The van der Waals surface area contributed by atoms with E-state index in [0.717, 1.165) is 19.4 Å². The summed E-state index contributed by atoms with van der Waals surface area (Å²) >= 11 is 0. The van der Waals surface area contributed by atoms with E-state index >= 15 is 0 Å². The minimum absolute atomic E-state index is 0.139. The van der Waals surface area contributed by atoms with E-state index < -0.39 is 5.60 Å². The standard InChI is InChI=1S/C14H26N2O/c1-4-16(11-14(2,3)17)13-9-7-5-6-8-12(13)10-15/h12-13,17H,4-9,11H2,1-3H3. The van der Waals surface area contributed by atoms with Gasteiger partial charge < -0.3 is 5.11 Å². The third kappa shape index (κ3) is 4.65. The molecule has 3 heteroatoms. The molecule has 0 aromatic carbocycles. The topological polar surface area (TPSA) is 47.3 Å². The third-order valence-corrected chi connectivity index (χ3v) is 3.61. The van der Waals surface area contributed by atoms with E-state index in [9.17, 15) is 10.4 Å². The Balaban J connectivity index is 2.73. The first-order valence-electron chi connectivity index (χ1n) is 6.84. The molecule has 0 bridgehead atoms. The van der Waals surface area contributed by atoms with E-state index in [1.165, 1.54) is 19.3 Å². The van der Waals surface area contributed by atoms with Crippen LogP contribution >= 0.6 is 0 Å². The summed E-state index contributed by atoms with van der Waals surface area (Å²) in [4.78, 5) is 2.29. The van der Waals surface area contributed by atoms with E-state index in [-0.39, 0.29) is 5.92 Å². The highest BCUT2D eigenvalue weighted by molar-refractivity contribution is 4.95. The van der Waals surface area contributed by atoms with Gasteiger partial charge in [-0.25, -0.2) is 0 Å². The molecular formula is C14H26N2O. The van der Waals surface area contributed by atoms with Gasteiger partial charge in [-0.15, -0.1) is 0 Å². The second-order valence-corrected chi connectivity index (χ2v) is 5.82. The summed E-state index contributed by atoms with van der Waals surface area (Å²) in [5.74, 6) is 0.139. The molecule has 0 amide bonds. The molecule has 17 heavy (non-hydrogen) atoms. The lowest BCUT2D eigenvalue weighted by molar-refractivity contribution is 0.0145. The Morgan fingerprint density at radius 1 is 1.29 bits per heavy atom. The fourth-order valence-electron chi connectivity index (χ4n) is 2.84. The van der Waals surface area contributed by atoms with Gasteiger partial charge in [0, 0.05) is 12.6 Å². The SMILES string of the molecule is CCN(CC(C)(C)O)C1CCCCCC1C#N. The van der Waals surface area contributed by atoms with Crippen molar-refractivity contribution in [3.8, 4) is 6.07 Å². The quantitative estimate of drug-likeness (QED) is 0.766. The van der Waals surface area contributed by atoms with Crippen LogP contribution in [0.2, 0.25) is 0 Å². The molecule has 1 fully saturated rings. The van der Waals surface area contributed by atoms with Gasteiger partial charge in [0.1, 0.15) is 0 Å². The molecule has 1 rings (SSSR count). The first-order valence-corrected chi connectivity index (χ1v) is 6.84. The maximum Gasteiger partial charge on any atom is 0.0718 e. The Morgan fingerprint density at radius 3 is 2.47 bits per heavy atom. The summed E-state index contributed by atoms with van der Waals surface area (Å²) in [6, 6.07) is 2.80. The van der Waals surface area contributed by atoms with Gasteiger partial charge >= 0.3 is 0 Å². The van der Waals surface area contributed by atoms with Gasteiger partial charge in [-0.05, 0) is 33.2 Å². The molecule has 0 aromatic rings. The minimum Gasteiger partial charge on any atom is -0.389 e. The minimum atomic E-state index is -0.678. The lowest BCUT2D eigenvalue weighted by atomic mass is 9.93.